The second-order valence-electron chi connectivity index (χ2n) is 6.41. The summed E-state index contributed by atoms with van der Waals surface area (Å²) in [4.78, 5) is 13.1. The Labute approximate surface area is 176 Å². The molecule has 2 aromatic carbocycles. The van der Waals surface area contributed by atoms with Crippen molar-refractivity contribution in [2.75, 3.05) is 5.32 Å². The third-order valence-electron chi connectivity index (χ3n) is 4.23. The van der Waals surface area contributed by atoms with Crippen molar-refractivity contribution in [1.29, 1.82) is 0 Å². The van der Waals surface area contributed by atoms with Crippen LogP contribution in [0.1, 0.15) is 22.2 Å². The molecule has 1 unspecified atom stereocenters. The Kier molecular flexibility index (Phi) is 6.61. The predicted molar refractivity (Wildman–Crippen MR) is 110 cm³/mol. The van der Waals surface area contributed by atoms with Crippen molar-refractivity contribution in [1.82, 2.24) is 14.8 Å². The molecular weight excluding hydrogens is 413 g/mol. The highest BCUT2D eigenvalue weighted by atomic mass is 32.2. The molecule has 3 aromatic rings. The second-order valence-corrected chi connectivity index (χ2v) is 7.48. The number of hydrogen-bond donors (Lipinski definition) is 1. The number of halogens is 3. The number of aromatic nitrogens is 3. The summed E-state index contributed by atoms with van der Waals surface area (Å²) in [6, 6.07) is 13.5. The van der Waals surface area contributed by atoms with Gasteiger partial charge in [-0.3, -0.25) is 4.79 Å². The number of amides is 1. The first-order valence-electron chi connectivity index (χ1n) is 9.00. The second kappa shape index (κ2) is 9.17. The molecule has 1 amide bonds. The van der Waals surface area contributed by atoms with Gasteiger partial charge < -0.3 is 9.88 Å². The number of hydrogen-bond acceptors (Lipinski definition) is 4. The Morgan fingerprint density at radius 1 is 1.20 bits per heavy atom. The molecule has 0 aliphatic rings. The maximum atomic E-state index is 13.1. The van der Waals surface area contributed by atoms with Crippen molar-refractivity contribution in [2.45, 2.75) is 30.1 Å². The number of nitrogens with one attached hydrogen (secondary N) is 1. The number of carbonyl (C=O) groups excluding carboxylic acids is 1. The largest absolute Gasteiger partial charge is 0.416 e. The van der Waals surface area contributed by atoms with Crippen molar-refractivity contribution in [3.8, 4) is 0 Å². The zero-order valence-electron chi connectivity index (χ0n) is 16.1. The first-order chi connectivity index (χ1) is 14.3. The van der Waals surface area contributed by atoms with Gasteiger partial charge in [0.15, 0.2) is 5.16 Å². The lowest BCUT2D eigenvalue weighted by Crippen LogP contribution is -2.20. The molecule has 5 nitrogen and oxygen atoms in total. The van der Waals surface area contributed by atoms with E-state index in [0.717, 1.165) is 12.1 Å². The molecule has 0 radical (unpaired) electrons. The third kappa shape index (κ3) is 5.10. The number of alkyl halides is 3. The van der Waals surface area contributed by atoms with E-state index in [1.807, 2.05) is 10.6 Å². The normalized spacial score (nSPS) is 12.4. The van der Waals surface area contributed by atoms with Crippen LogP contribution in [0.3, 0.4) is 0 Å². The zero-order chi connectivity index (χ0) is 21.7. The van der Waals surface area contributed by atoms with E-state index in [2.05, 4.69) is 22.1 Å². The highest BCUT2D eigenvalue weighted by Crippen LogP contribution is 2.36. The van der Waals surface area contributed by atoms with Crippen LogP contribution in [0.5, 0.6) is 0 Å². The maximum Gasteiger partial charge on any atom is 0.416 e. The molecule has 0 spiro atoms. The molecule has 0 saturated carbocycles. The van der Waals surface area contributed by atoms with Crippen LogP contribution in [0.15, 0.2) is 72.4 Å². The molecule has 0 saturated heterocycles. The monoisotopic (exact) mass is 432 g/mol. The van der Waals surface area contributed by atoms with Crippen molar-refractivity contribution in [3.05, 3.63) is 84.2 Å². The molecule has 1 N–H and O–H groups in total. The fourth-order valence-corrected chi connectivity index (χ4v) is 3.87. The van der Waals surface area contributed by atoms with Crippen LogP contribution in [0.25, 0.3) is 0 Å². The Hall–Kier alpha value is -3.07. The van der Waals surface area contributed by atoms with E-state index >= 15 is 0 Å². The Bertz CT molecular complexity index is 1030. The van der Waals surface area contributed by atoms with Crippen LogP contribution in [0.4, 0.5) is 18.9 Å². The van der Waals surface area contributed by atoms with Gasteiger partial charge in [0, 0.05) is 12.2 Å². The van der Waals surface area contributed by atoms with Gasteiger partial charge in [-0.25, -0.2) is 0 Å². The van der Waals surface area contributed by atoms with Crippen LogP contribution in [-0.2, 0) is 17.5 Å². The van der Waals surface area contributed by atoms with Crippen molar-refractivity contribution in [2.24, 2.45) is 0 Å². The fraction of sp³-hybridized carbons (Fsp3) is 0.190. The van der Waals surface area contributed by atoms with Gasteiger partial charge in [-0.2, -0.15) is 13.2 Å². The van der Waals surface area contributed by atoms with E-state index in [1.54, 1.807) is 37.3 Å². The summed E-state index contributed by atoms with van der Waals surface area (Å²) in [5, 5.41) is 10.6. The Morgan fingerprint density at radius 2 is 1.93 bits per heavy atom. The summed E-state index contributed by atoms with van der Waals surface area (Å²) in [6.45, 7) is 5.98. The maximum absolute atomic E-state index is 13.1. The first-order valence-corrected chi connectivity index (χ1v) is 9.88. The van der Waals surface area contributed by atoms with E-state index in [9.17, 15) is 18.0 Å². The molecule has 1 atom stereocenters. The third-order valence-corrected chi connectivity index (χ3v) is 5.47. The van der Waals surface area contributed by atoms with Gasteiger partial charge in [0.25, 0.3) is 0 Å². The summed E-state index contributed by atoms with van der Waals surface area (Å²) in [5.74, 6) is 0.207. The average Bonchev–Trinajstić information content (AvgIpc) is 3.06. The summed E-state index contributed by atoms with van der Waals surface area (Å²) in [6.07, 6.45) is -2.80. The molecule has 0 bridgehead atoms. The minimum atomic E-state index is -4.49. The van der Waals surface area contributed by atoms with Gasteiger partial charge >= 0.3 is 6.18 Å². The average molecular weight is 432 g/mol. The number of thioether (sulfide) groups is 1. The van der Waals surface area contributed by atoms with Gasteiger partial charge in [-0.15, -0.1) is 16.8 Å². The number of aryl methyl sites for hydroxylation is 1. The minimum absolute atomic E-state index is 0.0695. The lowest BCUT2D eigenvalue weighted by molar-refractivity contribution is -0.137. The molecule has 156 valence electrons. The van der Waals surface area contributed by atoms with E-state index in [1.165, 1.54) is 23.9 Å². The fourth-order valence-electron chi connectivity index (χ4n) is 2.78. The predicted octanol–water partition coefficient (Wildman–Crippen LogP) is 5.26. The summed E-state index contributed by atoms with van der Waals surface area (Å²) in [7, 11) is 0. The number of anilines is 1. The Morgan fingerprint density at radius 3 is 2.60 bits per heavy atom. The summed E-state index contributed by atoms with van der Waals surface area (Å²) < 4.78 is 40.8. The molecule has 30 heavy (non-hydrogen) atoms. The van der Waals surface area contributed by atoms with E-state index < -0.39 is 22.9 Å². The molecule has 9 heteroatoms. The van der Waals surface area contributed by atoms with Crippen LogP contribution in [-0.4, -0.2) is 20.7 Å². The smallest absolute Gasteiger partial charge is 0.325 e. The lowest BCUT2D eigenvalue weighted by atomic mass is 10.1. The number of allylic oxidation sites excluding steroid dienone is 1. The molecular formula is C21H19F3N4OS. The molecule has 1 heterocycles. The van der Waals surface area contributed by atoms with Crippen LogP contribution in [0.2, 0.25) is 0 Å². The quantitative estimate of drug-likeness (QED) is 0.409. The Balaban J connectivity index is 1.90. The van der Waals surface area contributed by atoms with E-state index in [-0.39, 0.29) is 5.69 Å². The molecule has 1 aromatic heterocycles. The topological polar surface area (TPSA) is 59.8 Å². The lowest BCUT2D eigenvalue weighted by Gasteiger charge is -2.17. The SMILES string of the molecule is C=CCn1c(C)nnc1SC(C(=O)Nc1cccc(C(F)(F)F)c1)c1ccccc1. The number of benzene rings is 2. The van der Waals surface area contributed by atoms with Crippen molar-refractivity contribution >= 4 is 23.4 Å². The van der Waals surface area contributed by atoms with Gasteiger partial charge in [0.05, 0.1) is 5.56 Å². The number of rotatable bonds is 7. The van der Waals surface area contributed by atoms with Gasteiger partial charge in [-0.1, -0.05) is 54.2 Å². The van der Waals surface area contributed by atoms with Gasteiger partial charge in [0.2, 0.25) is 5.91 Å². The first kappa shape index (κ1) is 21.6. The number of nitrogens with zero attached hydrogens (tertiary/aromatic N) is 3. The van der Waals surface area contributed by atoms with Gasteiger partial charge in [0.1, 0.15) is 11.1 Å². The summed E-state index contributed by atoms with van der Waals surface area (Å²) >= 11 is 1.17. The standard InChI is InChI=1S/C21H19F3N4OS/c1-3-12-28-14(2)26-27-20(28)30-18(15-8-5-4-6-9-15)19(29)25-17-11-7-10-16(13-17)21(22,23)24/h3-11,13,18H,1,12H2,2H3,(H,25,29). The number of carbonyl (C=O) groups is 1. The van der Waals surface area contributed by atoms with Gasteiger partial charge in [-0.05, 0) is 30.7 Å². The van der Waals surface area contributed by atoms with Crippen LogP contribution < -0.4 is 5.32 Å². The van der Waals surface area contributed by atoms with Crippen molar-refractivity contribution < 1.29 is 18.0 Å². The zero-order valence-corrected chi connectivity index (χ0v) is 16.9. The molecule has 0 aliphatic carbocycles. The highest BCUT2D eigenvalue weighted by Gasteiger charge is 2.31. The van der Waals surface area contributed by atoms with Crippen LogP contribution in [0, 0.1) is 6.92 Å². The molecule has 0 fully saturated rings. The highest BCUT2D eigenvalue weighted by molar-refractivity contribution is 8.00. The molecule has 3 rings (SSSR count). The minimum Gasteiger partial charge on any atom is -0.325 e. The molecule has 0 aliphatic heterocycles. The summed E-state index contributed by atoms with van der Waals surface area (Å²) in [5.41, 5.74) is -0.0663. The van der Waals surface area contributed by atoms with E-state index in [0.29, 0.717) is 23.1 Å². The van der Waals surface area contributed by atoms with Crippen LogP contribution >= 0.6 is 11.8 Å². The van der Waals surface area contributed by atoms with E-state index in [4.69, 9.17) is 0 Å². The van der Waals surface area contributed by atoms with Crippen molar-refractivity contribution in [3.63, 3.8) is 0 Å².